The van der Waals surface area contributed by atoms with Crippen LogP contribution in [0.4, 0.5) is 4.39 Å². The van der Waals surface area contributed by atoms with Crippen LogP contribution in [0.3, 0.4) is 0 Å². The molecule has 122 valence electrons. The second kappa shape index (κ2) is 6.94. The fourth-order valence-electron chi connectivity index (χ4n) is 2.07. The summed E-state index contributed by atoms with van der Waals surface area (Å²) >= 11 is 2.59. The number of carbonyl (C=O) groups excluding carboxylic acids is 2. The summed E-state index contributed by atoms with van der Waals surface area (Å²) in [5, 5.41) is 1.82. The summed E-state index contributed by atoms with van der Waals surface area (Å²) in [6.45, 7) is 1.83. The third-order valence-corrected chi connectivity index (χ3v) is 5.46. The fourth-order valence-corrected chi connectivity index (χ4v) is 3.79. The molecule has 2 N–H and O–H groups in total. The minimum Gasteiger partial charge on any atom is -0.266 e. The third kappa shape index (κ3) is 3.52. The molecule has 0 bridgehead atoms. The van der Waals surface area contributed by atoms with E-state index in [1.165, 1.54) is 34.8 Å². The van der Waals surface area contributed by atoms with Crippen LogP contribution in [0.5, 0.6) is 0 Å². The summed E-state index contributed by atoms with van der Waals surface area (Å²) in [6.07, 6.45) is 0. The zero-order valence-corrected chi connectivity index (χ0v) is 14.3. The maximum atomic E-state index is 13.0. The van der Waals surface area contributed by atoms with Crippen molar-refractivity contribution in [1.29, 1.82) is 0 Å². The van der Waals surface area contributed by atoms with Crippen LogP contribution in [0.15, 0.2) is 47.8 Å². The molecule has 2 amide bonds. The van der Waals surface area contributed by atoms with Gasteiger partial charge in [0, 0.05) is 4.88 Å². The van der Waals surface area contributed by atoms with Gasteiger partial charge < -0.3 is 0 Å². The van der Waals surface area contributed by atoms with E-state index in [0.717, 1.165) is 16.0 Å². The van der Waals surface area contributed by atoms with E-state index in [-0.39, 0.29) is 11.7 Å². The van der Waals surface area contributed by atoms with Crippen LogP contribution in [0.2, 0.25) is 0 Å². The summed E-state index contributed by atoms with van der Waals surface area (Å²) in [7, 11) is 0. The summed E-state index contributed by atoms with van der Waals surface area (Å²) in [5.41, 5.74) is 6.51. The quantitative estimate of drug-likeness (QED) is 0.694. The van der Waals surface area contributed by atoms with Crippen LogP contribution in [0.25, 0.3) is 10.4 Å². The van der Waals surface area contributed by atoms with Gasteiger partial charge in [0.1, 0.15) is 5.82 Å². The van der Waals surface area contributed by atoms with Gasteiger partial charge in [-0.1, -0.05) is 12.1 Å². The number of thiophene rings is 2. The molecule has 2 aromatic heterocycles. The lowest BCUT2D eigenvalue weighted by Crippen LogP contribution is -2.41. The molecule has 0 unspecified atom stereocenters. The van der Waals surface area contributed by atoms with Gasteiger partial charge in [-0.3, -0.25) is 20.4 Å². The second-order valence-electron chi connectivity index (χ2n) is 5.01. The van der Waals surface area contributed by atoms with E-state index >= 15 is 0 Å². The number of rotatable bonds is 3. The number of carbonyl (C=O) groups is 2. The van der Waals surface area contributed by atoms with Crippen molar-refractivity contribution in [2.24, 2.45) is 0 Å². The zero-order valence-electron chi connectivity index (χ0n) is 12.6. The van der Waals surface area contributed by atoms with Crippen molar-refractivity contribution in [2.75, 3.05) is 0 Å². The van der Waals surface area contributed by atoms with Crippen LogP contribution in [0, 0.1) is 12.7 Å². The number of aryl methyl sites for hydroxylation is 1. The van der Waals surface area contributed by atoms with Gasteiger partial charge >= 0.3 is 0 Å². The highest BCUT2D eigenvalue weighted by Crippen LogP contribution is 2.28. The van der Waals surface area contributed by atoms with Crippen molar-refractivity contribution in [3.63, 3.8) is 0 Å². The second-order valence-corrected chi connectivity index (χ2v) is 7.01. The molecule has 0 aliphatic carbocycles. The Hall–Kier alpha value is -2.51. The third-order valence-electron chi connectivity index (χ3n) is 3.32. The summed E-state index contributed by atoms with van der Waals surface area (Å²) < 4.78 is 13.0. The highest BCUT2D eigenvalue weighted by molar-refractivity contribution is 7.17. The average Bonchev–Trinajstić information content (AvgIpc) is 3.22. The van der Waals surface area contributed by atoms with Crippen LogP contribution in [0.1, 0.15) is 24.9 Å². The molecule has 2 heterocycles. The van der Waals surface area contributed by atoms with Crippen molar-refractivity contribution in [2.45, 2.75) is 6.92 Å². The standard InChI is InChI=1S/C17H13FN2O2S2/c1-10-8-9-23-15(10)17(22)20-19-16(21)14-7-6-13(24-14)11-2-4-12(18)5-3-11/h2-9H,1H3,(H,19,21)(H,20,22). The lowest BCUT2D eigenvalue weighted by atomic mass is 10.2. The zero-order chi connectivity index (χ0) is 17.1. The Balaban J connectivity index is 1.65. The summed E-state index contributed by atoms with van der Waals surface area (Å²) in [6, 6.07) is 11.4. The molecule has 3 rings (SSSR count). The van der Waals surface area contributed by atoms with Crippen LogP contribution in [-0.4, -0.2) is 11.8 Å². The molecular weight excluding hydrogens is 347 g/mol. The van der Waals surface area contributed by atoms with Gasteiger partial charge in [0.15, 0.2) is 0 Å². The molecule has 0 aliphatic heterocycles. The number of nitrogens with one attached hydrogen (secondary N) is 2. The van der Waals surface area contributed by atoms with Crippen molar-refractivity contribution < 1.29 is 14.0 Å². The Morgan fingerprint density at radius 3 is 2.33 bits per heavy atom. The molecule has 0 fully saturated rings. The Morgan fingerprint density at radius 1 is 0.958 bits per heavy atom. The van der Waals surface area contributed by atoms with Gasteiger partial charge in [0.25, 0.3) is 11.8 Å². The number of halogens is 1. The molecule has 0 saturated heterocycles. The molecule has 1 aromatic carbocycles. The maximum absolute atomic E-state index is 13.0. The first-order chi connectivity index (χ1) is 11.5. The molecule has 4 nitrogen and oxygen atoms in total. The minimum absolute atomic E-state index is 0.306. The lowest BCUT2D eigenvalue weighted by molar-refractivity contribution is 0.0851. The number of amides is 2. The number of hydrogen-bond acceptors (Lipinski definition) is 4. The number of benzene rings is 1. The van der Waals surface area contributed by atoms with E-state index in [1.54, 1.807) is 24.3 Å². The molecule has 0 saturated carbocycles. The monoisotopic (exact) mass is 360 g/mol. The normalized spacial score (nSPS) is 10.4. The van der Waals surface area contributed by atoms with E-state index in [4.69, 9.17) is 0 Å². The molecule has 7 heteroatoms. The Bertz CT molecular complexity index is 884. The van der Waals surface area contributed by atoms with Crippen molar-refractivity contribution in [1.82, 2.24) is 10.9 Å². The Labute approximate surface area is 145 Å². The van der Waals surface area contributed by atoms with Gasteiger partial charge in [0.2, 0.25) is 0 Å². The first kappa shape index (κ1) is 16.4. The smallest absolute Gasteiger partial charge is 0.266 e. The molecule has 3 aromatic rings. The van der Waals surface area contributed by atoms with E-state index < -0.39 is 5.91 Å². The molecule has 0 radical (unpaired) electrons. The van der Waals surface area contributed by atoms with Gasteiger partial charge in [0.05, 0.1) is 9.75 Å². The van der Waals surface area contributed by atoms with Gasteiger partial charge in [-0.25, -0.2) is 4.39 Å². The molecule has 0 atom stereocenters. The first-order valence-electron chi connectivity index (χ1n) is 7.05. The van der Waals surface area contributed by atoms with Gasteiger partial charge in [-0.15, -0.1) is 22.7 Å². The average molecular weight is 360 g/mol. The van der Waals surface area contributed by atoms with E-state index in [2.05, 4.69) is 10.9 Å². The Kier molecular flexibility index (Phi) is 4.73. The molecule has 0 spiro atoms. The van der Waals surface area contributed by atoms with E-state index in [0.29, 0.717) is 9.75 Å². The van der Waals surface area contributed by atoms with Crippen LogP contribution < -0.4 is 10.9 Å². The van der Waals surface area contributed by atoms with E-state index in [1.807, 2.05) is 18.4 Å². The summed E-state index contributed by atoms with van der Waals surface area (Å²) in [4.78, 5) is 26.0. The predicted octanol–water partition coefficient (Wildman–Crippen LogP) is 4.00. The van der Waals surface area contributed by atoms with E-state index in [9.17, 15) is 14.0 Å². The first-order valence-corrected chi connectivity index (χ1v) is 8.75. The molecule has 0 aliphatic rings. The maximum Gasteiger partial charge on any atom is 0.280 e. The van der Waals surface area contributed by atoms with Crippen LogP contribution in [-0.2, 0) is 0 Å². The topological polar surface area (TPSA) is 58.2 Å². The highest BCUT2D eigenvalue weighted by Gasteiger charge is 2.14. The largest absolute Gasteiger partial charge is 0.280 e. The molecule has 24 heavy (non-hydrogen) atoms. The fraction of sp³-hybridized carbons (Fsp3) is 0.0588. The van der Waals surface area contributed by atoms with Crippen LogP contribution >= 0.6 is 22.7 Å². The van der Waals surface area contributed by atoms with Crippen molar-refractivity contribution in [3.05, 3.63) is 69.0 Å². The molecular formula is C17H13FN2O2S2. The van der Waals surface area contributed by atoms with Gasteiger partial charge in [-0.05, 0) is 53.8 Å². The lowest BCUT2D eigenvalue weighted by Gasteiger charge is -2.05. The number of hydrogen-bond donors (Lipinski definition) is 2. The number of hydrazine groups is 1. The minimum atomic E-state index is -0.393. The predicted molar refractivity (Wildman–Crippen MR) is 93.7 cm³/mol. The van der Waals surface area contributed by atoms with Gasteiger partial charge in [-0.2, -0.15) is 0 Å². The Morgan fingerprint density at radius 2 is 1.67 bits per heavy atom. The highest BCUT2D eigenvalue weighted by atomic mass is 32.1. The van der Waals surface area contributed by atoms with Crippen molar-refractivity contribution >= 4 is 34.5 Å². The summed E-state index contributed by atoms with van der Waals surface area (Å²) in [5.74, 6) is -1.04. The SMILES string of the molecule is Cc1ccsc1C(=O)NNC(=O)c1ccc(-c2ccc(F)cc2)s1. The van der Waals surface area contributed by atoms with Crippen molar-refractivity contribution in [3.8, 4) is 10.4 Å².